The molecule has 0 saturated carbocycles. The summed E-state index contributed by atoms with van der Waals surface area (Å²) in [6.45, 7) is 11.2. The van der Waals surface area contributed by atoms with Crippen LogP contribution >= 0.6 is 0 Å². The first-order valence-corrected chi connectivity index (χ1v) is 7.72. The minimum atomic E-state index is -1.59. The van der Waals surface area contributed by atoms with Crippen LogP contribution in [0, 0.1) is 12.0 Å². The highest BCUT2D eigenvalue weighted by Crippen LogP contribution is 1.99. The standard InChI is InChI=1S/C10H16O3Si/c1-9(2)10(11)12-7-6-8-13-14(3,4)5/h1,7H2,2-5H3. The van der Waals surface area contributed by atoms with E-state index in [0.717, 1.165) is 0 Å². The van der Waals surface area contributed by atoms with Crippen LogP contribution in [0.4, 0.5) is 0 Å². The molecule has 0 aliphatic carbocycles. The van der Waals surface area contributed by atoms with Gasteiger partial charge >= 0.3 is 5.97 Å². The first-order chi connectivity index (χ1) is 6.33. The summed E-state index contributed by atoms with van der Waals surface area (Å²) < 4.78 is 9.98. The molecule has 0 rings (SSSR count). The van der Waals surface area contributed by atoms with E-state index in [9.17, 15) is 4.79 Å². The van der Waals surface area contributed by atoms with Gasteiger partial charge < -0.3 is 9.16 Å². The molecule has 0 aromatic heterocycles. The molecule has 0 bridgehead atoms. The summed E-state index contributed by atoms with van der Waals surface area (Å²) in [4.78, 5) is 10.9. The fourth-order valence-corrected chi connectivity index (χ4v) is 0.822. The highest BCUT2D eigenvalue weighted by atomic mass is 28.4. The van der Waals surface area contributed by atoms with E-state index in [1.807, 2.05) is 19.6 Å². The summed E-state index contributed by atoms with van der Waals surface area (Å²) in [5.41, 5.74) is 0.373. The molecular weight excluding hydrogens is 196 g/mol. The van der Waals surface area contributed by atoms with Gasteiger partial charge in [0, 0.05) is 5.57 Å². The maximum Gasteiger partial charge on any atom is 0.334 e. The van der Waals surface area contributed by atoms with Gasteiger partial charge in [0.1, 0.15) is 0 Å². The number of rotatable bonds is 3. The zero-order chi connectivity index (χ0) is 11.2. The molecule has 78 valence electrons. The molecule has 0 aromatic carbocycles. The van der Waals surface area contributed by atoms with Crippen LogP contribution in [0.1, 0.15) is 6.92 Å². The molecule has 0 saturated heterocycles. The second-order valence-electron chi connectivity index (χ2n) is 3.85. The molecule has 0 aromatic rings. The molecule has 0 spiro atoms. The summed E-state index contributed by atoms with van der Waals surface area (Å²) in [7, 11) is -1.59. The van der Waals surface area contributed by atoms with Gasteiger partial charge in [-0.2, -0.15) is 0 Å². The minimum absolute atomic E-state index is 0.0518. The van der Waals surface area contributed by atoms with E-state index >= 15 is 0 Å². The SMILES string of the molecule is C=C(C)C(=O)OCC#CO[Si](C)(C)C. The Morgan fingerprint density at radius 1 is 1.43 bits per heavy atom. The molecule has 0 N–H and O–H groups in total. The number of carbonyl (C=O) groups is 1. The Morgan fingerprint density at radius 2 is 2.00 bits per heavy atom. The van der Waals surface area contributed by atoms with Gasteiger partial charge in [-0.1, -0.05) is 6.58 Å². The van der Waals surface area contributed by atoms with Crippen LogP contribution in [0.25, 0.3) is 0 Å². The molecule has 0 unspecified atom stereocenters. The monoisotopic (exact) mass is 212 g/mol. The summed E-state index contributed by atoms with van der Waals surface area (Å²) in [5.74, 6) is 2.18. The summed E-state index contributed by atoms with van der Waals surface area (Å²) in [5, 5.41) is 0. The van der Waals surface area contributed by atoms with Crippen molar-refractivity contribution < 1.29 is 14.0 Å². The van der Waals surface area contributed by atoms with Gasteiger partial charge in [-0.3, -0.25) is 0 Å². The fourth-order valence-electron chi connectivity index (χ4n) is 0.443. The molecule has 0 aliphatic rings. The second-order valence-corrected chi connectivity index (χ2v) is 8.28. The predicted octanol–water partition coefficient (Wildman–Crippen LogP) is 1.92. The van der Waals surface area contributed by atoms with Crippen molar-refractivity contribution >= 4 is 14.3 Å². The van der Waals surface area contributed by atoms with Crippen LogP contribution in [-0.2, 0) is 14.0 Å². The van der Waals surface area contributed by atoms with Crippen molar-refractivity contribution in [2.45, 2.75) is 26.6 Å². The zero-order valence-corrected chi connectivity index (χ0v) is 10.1. The Hall–Kier alpha value is -1.21. The lowest BCUT2D eigenvalue weighted by atomic mass is 10.4. The quantitative estimate of drug-likeness (QED) is 0.310. The fraction of sp³-hybridized carbons (Fsp3) is 0.500. The van der Waals surface area contributed by atoms with Crippen molar-refractivity contribution in [3.63, 3.8) is 0 Å². The van der Waals surface area contributed by atoms with E-state index in [0.29, 0.717) is 5.57 Å². The summed E-state index contributed by atoms with van der Waals surface area (Å²) in [6, 6.07) is 0. The van der Waals surface area contributed by atoms with Gasteiger partial charge in [-0.25, -0.2) is 4.79 Å². The van der Waals surface area contributed by atoms with E-state index in [1.165, 1.54) is 0 Å². The normalized spacial score (nSPS) is 9.71. The van der Waals surface area contributed by atoms with Crippen LogP contribution in [-0.4, -0.2) is 20.9 Å². The first-order valence-electron chi connectivity index (χ1n) is 4.31. The Morgan fingerprint density at radius 3 is 2.43 bits per heavy atom. The lowest BCUT2D eigenvalue weighted by Crippen LogP contribution is -2.22. The molecule has 0 atom stereocenters. The third kappa shape index (κ3) is 7.44. The maximum absolute atomic E-state index is 10.9. The topological polar surface area (TPSA) is 35.5 Å². The summed E-state index contributed by atoms with van der Waals surface area (Å²) in [6.07, 6.45) is 2.52. The third-order valence-electron chi connectivity index (χ3n) is 1.05. The van der Waals surface area contributed by atoms with Gasteiger partial charge in [0.2, 0.25) is 0 Å². The molecule has 0 aliphatic heterocycles. The van der Waals surface area contributed by atoms with Crippen LogP contribution < -0.4 is 0 Å². The molecule has 14 heavy (non-hydrogen) atoms. The molecule has 0 heterocycles. The van der Waals surface area contributed by atoms with E-state index in [-0.39, 0.29) is 6.61 Å². The lowest BCUT2D eigenvalue weighted by molar-refractivity contribution is -0.137. The van der Waals surface area contributed by atoms with Crippen LogP contribution in [0.3, 0.4) is 0 Å². The van der Waals surface area contributed by atoms with Crippen molar-refractivity contribution in [2.24, 2.45) is 0 Å². The highest BCUT2D eigenvalue weighted by molar-refractivity contribution is 6.70. The van der Waals surface area contributed by atoms with Crippen molar-refractivity contribution in [1.82, 2.24) is 0 Å². The lowest BCUT2D eigenvalue weighted by Gasteiger charge is -2.11. The molecule has 0 amide bonds. The van der Waals surface area contributed by atoms with Gasteiger partial charge in [0.05, 0.1) is 6.11 Å². The van der Waals surface area contributed by atoms with Crippen molar-refractivity contribution in [1.29, 1.82) is 0 Å². The largest absolute Gasteiger partial charge is 0.501 e. The van der Waals surface area contributed by atoms with Crippen molar-refractivity contribution in [2.75, 3.05) is 6.61 Å². The van der Waals surface area contributed by atoms with Gasteiger partial charge in [-0.15, -0.1) is 0 Å². The third-order valence-corrected chi connectivity index (χ3v) is 1.77. The van der Waals surface area contributed by atoms with Gasteiger partial charge in [0.15, 0.2) is 6.61 Å². The molecule has 3 nitrogen and oxygen atoms in total. The second kappa shape index (κ2) is 5.50. The number of hydrogen-bond acceptors (Lipinski definition) is 3. The minimum Gasteiger partial charge on any atom is -0.501 e. The Labute approximate surface area is 86.2 Å². The Balaban J connectivity index is 3.74. The average Bonchev–Trinajstić information content (AvgIpc) is 2.01. The molecular formula is C10H16O3Si. The van der Waals surface area contributed by atoms with Crippen LogP contribution in [0.2, 0.25) is 19.6 Å². The zero-order valence-electron chi connectivity index (χ0n) is 9.14. The summed E-state index contributed by atoms with van der Waals surface area (Å²) >= 11 is 0. The Kier molecular flexibility index (Phi) is 5.03. The smallest absolute Gasteiger partial charge is 0.334 e. The molecule has 4 heteroatoms. The molecule has 0 fully saturated rings. The van der Waals surface area contributed by atoms with Crippen molar-refractivity contribution in [3.05, 3.63) is 12.2 Å². The Bertz CT molecular complexity index is 278. The van der Waals surface area contributed by atoms with E-state index < -0.39 is 14.3 Å². The number of esters is 1. The number of hydrogen-bond donors (Lipinski definition) is 0. The molecule has 0 radical (unpaired) electrons. The number of carbonyl (C=O) groups excluding carboxylic acids is 1. The van der Waals surface area contributed by atoms with E-state index in [4.69, 9.17) is 9.16 Å². The van der Waals surface area contributed by atoms with Gasteiger partial charge in [-0.05, 0) is 32.5 Å². The average molecular weight is 212 g/mol. The maximum atomic E-state index is 10.9. The number of ether oxygens (including phenoxy) is 1. The van der Waals surface area contributed by atoms with E-state index in [1.54, 1.807) is 6.92 Å². The van der Waals surface area contributed by atoms with Gasteiger partial charge in [0.25, 0.3) is 8.32 Å². The van der Waals surface area contributed by atoms with Crippen LogP contribution in [0.5, 0.6) is 0 Å². The van der Waals surface area contributed by atoms with Crippen molar-refractivity contribution in [3.8, 4) is 12.0 Å². The highest BCUT2D eigenvalue weighted by Gasteiger charge is 2.13. The predicted molar refractivity (Wildman–Crippen MR) is 58.0 cm³/mol. The van der Waals surface area contributed by atoms with Crippen LogP contribution in [0.15, 0.2) is 12.2 Å². The van der Waals surface area contributed by atoms with E-state index in [2.05, 4.69) is 18.6 Å². The first kappa shape index (κ1) is 12.8.